The van der Waals surface area contributed by atoms with Gasteiger partial charge in [0.05, 0.1) is 18.4 Å². The van der Waals surface area contributed by atoms with Crippen LogP contribution in [0.15, 0.2) is 18.3 Å². The van der Waals surface area contributed by atoms with Gasteiger partial charge < -0.3 is 10.2 Å². The third-order valence-electron chi connectivity index (χ3n) is 2.45. The van der Waals surface area contributed by atoms with Gasteiger partial charge in [-0.25, -0.2) is 0 Å². The van der Waals surface area contributed by atoms with Gasteiger partial charge in [-0.15, -0.1) is 0 Å². The molecular weight excluding hydrogens is 202 g/mol. The second kappa shape index (κ2) is 5.61. The normalized spacial score (nSPS) is 10.6. The van der Waals surface area contributed by atoms with E-state index in [4.69, 9.17) is 0 Å². The average Bonchev–Trinajstić information content (AvgIpc) is 2.28. The molecule has 1 aromatic heterocycles. The first-order valence-corrected chi connectivity index (χ1v) is 5.43. The van der Waals surface area contributed by atoms with E-state index < -0.39 is 0 Å². The summed E-state index contributed by atoms with van der Waals surface area (Å²) in [5.41, 5.74) is 1.86. The number of hydrogen-bond donors (Lipinski definition) is 1. The molecule has 0 aliphatic rings. The van der Waals surface area contributed by atoms with E-state index in [2.05, 4.69) is 24.1 Å². The summed E-state index contributed by atoms with van der Waals surface area (Å²) >= 11 is 0. The summed E-state index contributed by atoms with van der Waals surface area (Å²) in [4.78, 5) is 17.5. The van der Waals surface area contributed by atoms with Crippen molar-refractivity contribution in [3.8, 4) is 0 Å². The van der Waals surface area contributed by atoms with Crippen LogP contribution in [0.1, 0.15) is 25.5 Å². The SMILES string of the molecule is CNCC(=O)N(C)c1ccc(C(C)C)nc1. The number of rotatable bonds is 4. The zero-order valence-corrected chi connectivity index (χ0v) is 10.3. The lowest BCUT2D eigenvalue weighted by Gasteiger charge is -2.17. The third-order valence-corrected chi connectivity index (χ3v) is 2.45. The average molecular weight is 221 g/mol. The topological polar surface area (TPSA) is 45.2 Å². The molecule has 1 rings (SSSR count). The minimum atomic E-state index is 0.0293. The molecule has 16 heavy (non-hydrogen) atoms. The lowest BCUT2D eigenvalue weighted by atomic mass is 10.1. The maximum Gasteiger partial charge on any atom is 0.240 e. The Balaban J connectivity index is 2.77. The Kier molecular flexibility index (Phi) is 4.43. The zero-order valence-electron chi connectivity index (χ0n) is 10.3. The molecule has 0 aromatic carbocycles. The summed E-state index contributed by atoms with van der Waals surface area (Å²) in [5.74, 6) is 0.439. The van der Waals surface area contributed by atoms with E-state index in [-0.39, 0.29) is 5.91 Å². The van der Waals surface area contributed by atoms with Crippen LogP contribution in [0.2, 0.25) is 0 Å². The molecule has 0 bridgehead atoms. The van der Waals surface area contributed by atoms with Gasteiger partial charge in [-0.1, -0.05) is 13.8 Å². The number of carbonyl (C=O) groups excluding carboxylic acids is 1. The molecule has 0 fully saturated rings. The van der Waals surface area contributed by atoms with Crippen molar-refractivity contribution in [1.29, 1.82) is 0 Å². The summed E-state index contributed by atoms with van der Waals surface area (Å²) in [7, 11) is 3.51. The van der Waals surface area contributed by atoms with Crippen molar-refractivity contribution in [3.63, 3.8) is 0 Å². The van der Waals surface area contributed by atoms with Crippen LogP contribution in [0, 0.1) is 0 Å². The highest BCUT2D eigenvalue weighted by molar-refractivity contribution is 5.94. The van der Waals surface area contributed by atoms with Gasteiger partial charge in [0.2, 0.25) is 5.91 Å². The van der Waals surface area contributed by atoms with Gasteiger partial charge in [0.15, 0.2) is 0 Å². The summed E-state index contributed by atoms with van der Waals surface area (Å²) in [5, 5.41) is 2.84. The molecule has 0 radical (unpaired) electrons. The predicted molar refractivity (Wildman–Crippen MR) is 65.7 cm³/mol. The van der Waals surface area contributed by atoms with Crippen molar-refractivity contribution in [2.45, 2.75) is 19.8 Å². The molecule has 0 saturated carbocycles. The van der Waals surface area contributed by atoms with E-state index >= 15 is 0 Å². The maximum absolute atomic E-state index is 11.6. The fraction of sp³-hybridized carbons (Fsp3) is 0.500. The molecular formula is C12H19N3O. The number of hydrogen-bond acceptors (Lipinski definition) is 3. The van der Waals surface area contributed by atoms with Crippen LogP contribution >= 0.6 is 0 Å². The van der Waals surface area contributed by atoms with E-state index in [1.807, 2.05) is 12.1 Å². The fourth-order valence-electron chi connectivity index (χ4n) is 1.35. The minimum absolute atomic E-state index is 0.0293. The van der Waals surface area contributed by atoms with E-state index in [1.54, 1.807) is 25.2 Å². The van der Waals surface area contributed by atoms with Gasteiger partial charge in [0, 0.05) is 12.7 Å². The van der Waals surface area contributed by atoms with Crippen molar-refractivity contribution in [2.24, 2.45) is 0 Å². The number of nitrogens with zero attached hydrogens (tertiary/aromatic N) is 2. The molecule has 0 saturated heterocycles. The Morgan fingerprint density at radius 1 is 1.50 bits per heavy atom. The van der Waals surface area contributed by atoms with Crippen LogP contribution in [0.4, 0.5) is 5.69 Å². The van der Waals surface area contributed by atoms with Crippen LogP contribution < -0.4 is 10.2 Å². The molecule has 0 aliphatic carbocycles. The van der Waals surface area contributed by atoms with E-state index in [0.717, 1.165) is 11.4 Å². The van der Waals surface area contributed by atoms with Crippen LogP contribution in [0.5, 0.6) is 0 Å². The third kappa shape index (κ3) is 3.03. The van der Waals surface area contributed by atoms with Gasteiger partial charge in [0.1, 0.15) is 0 Å². The van der Waals surface area contributed by atoms with E-state index in [1.165, 1.54) is 0 Å². The number of carbonyl (C=O) groups is 1. The molecule has 1 heterocycles. The lowest BCUT2D eigenvalue weighted by Crippen LogP contribution is -2.34. The number of amides is 1. The van der Waals surface area contributed by atoms with Crippen molar-refractivity contribution >= 4 is 11.6 Å². The second-order valence-electron chi connectivity index (χ2n) is 4.08. The summed E-state index contributed by atoms with van der Waals surface area (Å²) < 4.78 is 0. The molecule has 1 amide bonds. The molecule has 0 aliphatic heterocycles. The number of anilines is 1. The first kappa shape index (κ1) is 12.6. The summed E-state index contributed by atoms with van der Waals surface area (Å²) in [6, 6.07) is 3.89. The van der Waals surface area contributed by atoms with Crippen molar-refractivity contribution in [3.05, 3.63) is 24.0 Å². The Labute approximate surface area is 96.7 Å². The quantitative estimate of drug-likeness (QED) is 0.835. The molecule has 0 spiro atoms. The molecule has 0 unspecified atom stereocenters. The smallest absolute Gasteiger partial charge is 0.240 e. The van der Waals surface area contributed by atoms with E-state index in [9.17, 15) is 4.79 Å². The van der Waals surface area contributed by atoms with Gasteiger partial charge >= 0.3 is 0 Å². The van der Waals surface area contributed by atoms with Gasteiger partial charge in [-0.2, -0.15) is 0 Å². The van der Waals surface area contributed by atoms with Gasteiger partial charge in [0.25, 0.3) is 0 Å². The number of likely N-dealkylation sites (N-methyl/N-ethyl adjacent to an activating group) is 2. The van der Waals surface area contributed by atoms with Crippen LogP contribution in [-0.2, 0) is 4.79 Å². The largest absolute Gasteiger partial charge is 0.313 e. The Hall–Kier alpha value is -1.42. The fourth-order valence-corrected chi connectivity index (χ4v) is 1.35. The molecule has 0 atom stereocenters. The van der Waals surface area contributed by atoms with Crippen LogP contribution in [0.3, 0.4) is 0 Å². The molecule has 1 aromatic rings. The Bertz CT molecular complexity index is 346. The summed E-state index contributed by atoms with van der Waals surface area (Å²) in [6.45, 7) is 4.53. The minimum Gasteiger partial charge on any atom is -0.313 e. The van der Waals surface area contributed by atoms with E-state index in [0.29, 0.717) is 12.5 Å². The van der Waals surface area contributed by atoms with Crippen LogP contribution in [0.25, 0.3) is 0 Å². The molecule has 4 heteroatoms. The molecule has 4 nitrogen and oxygen atoms in total. The summed E-state index contributed by atoms with van der Waals surface area (Å²) in [6.07, 6.45) is 1.74. The Morgan fingerprint density at radius 3 is 2.62 bits per heavy atom. The standard InChI is InChI=1S/C12H19N3O/c1-9(2)11-6-5-10(7-14-11)15(4)12(16)8-13-3/h5-7,9,13H,8H2,1-4H3. The van der Waals surface area contributed by atoms with Gasteiger partial charge in [-0.3, -0.25) is 9.78 Å². The molecule has 1 N–H and O–H groups in total. The highest BCUT2D eigenvalue weighted by atomic mass is 16.2. The lowest BCUT2D eigenvalue weighted by molar-refractivity contribution is -0.117. The van der Waals surface area contributed by atoms with Crippen molar-refractivity contribution < 1.29 is 4.79 Å². The predicted octanol–water partition coefficient (Wildman–Crippen LogP) is 1.39. The van der Waals surface area contributed by atoms with Gasteiger partial charge in [-0.05, 0) is 25.1 Å². The highest BCUT2D eigenvalue weighted by Crippen LogP contribution is 2.16. The molecule has 88 valence electrons. The number of nitrogens with one attached hydrogen (secondary N) is 1. The van der Waals surface area contributed by atoms with Crippen LogP contribution in [-0.4, -0.2) is 31.5 Å². The van der Waals surface area contributed by atoms with Crippen molar-refractivity contribution in [1.82, 2.24) is 10.3 Å². The van der Waals surface area contributed by atoms with Crippen molar-refractivity contribution in [2.75, 3.05) is 25.5 Å². The number of pyridine rings is 1. The zero-order chi connectivity index (χ0) is 12.1. The maximum atomic E-state index is 11.6. The monoisotopic (exact) mass is 221 g/mol. The first-order chi connectivity index (χ1) is 7.56. The highest BCUT2D eigenvalue weighted by Gasteiger charge is 2.10. The Morgan fingerprint density at radius 2 is 2.19 bits per heavy atom. The number of aromatic nitrogens is 1. The first-order valence-electron chi connectivity index (χ1n) is 5.43. The second-order valence-corrected chi connectivity index (χ2v) is 4.08.